The molecule has 2 atom stereocenters. The Balaban J connectivity index is 1.67. The number of ketones is 1. The van der Waals surface area contributed by atoms with Crippen LogP contribution in [-0.2, 0) is 14.8 Å². The molecule has 11 heteroatoms. The Labute approximate surface area is 216 Å². The molecule has 1 N–H and O–H groups in total. The van der Waals surface area contributed by atoms with E-state index < -0.39 is 34.1 Å². The number of fused-ring (bicyclic) bond motifs is 1. The molecule has 1 aliphatic heterocycles. The number of benzene rings is 3. The highest BCUT2D eigenvalue weighted by molar-refractivity contribution is 9.10. The molecule has 0 unspecified atom stereocenters. The van der Waals surface area contributed by atoms with Crippen LogP contribution in [0.5, 0.6) is 17.2 Å². The molecule has 0 radical (unpaired) electrons. The number of ether oxygens (including phenoxy) is 4. The first-order valence-electron chi connectivity index (χ1n) is 10.7. The van der Waals surface area contributed by atoms with Gasteiger partial charge in [-0.25, -0.2) is 17.9 Å². The number of Topliss-reactive ketones (excluding diaryl/α,β-unsaturated/α-hetero) is 1. The summed E-state index contributed by atoms with van der Waals surface area (Å²) in [6.45, 7) is 1.80. The van der Waals surface area contributed by atoms with Crippen LogP contribution >= 0.6 is 15.9 Å². The molecule has 0 bridgehead atoms. The number of hydrogen-bond acceptors (Lipinski definition) is 8. The summed E-state index contributed by atoms with van der Waals surface area (Å²) in [7, 11) is -1.28. The first-order chi connectivity index (χ1) is 17.1. The number of nitrogens with one attached hydrogen (secondary N) is 1. The fourth-order valence-corrected chi connectivity index (χ4v) is 5.10. The second-order valence-electron chi connectivity index (χ2n) is 7.90. The SMILES string of the molecule is COc1ccc2c(c1)C(=O)[C@@H](OC(=O)NS(=O)(=O)c1ccc(C)cc1)[C@H](c1ccc(OC)c(Br)c1)O2. The third-order valence-electron chi connectivity index (χ3n) is 5.53. The van der Waals surface area contributed by atoms with E-state index in [1.54, 1.807) is 49.4 Å². The van der Waals surface area contributed by atoms with Crippen molar-refractivity contribution in [1.82, 2.24) is 4.72 Å². The van der Waals surface area contributed by atoms with Gasteiger partial charge in [-0.05, 0) is 70.9 Å². The van der Waals surface area contributed by atoms with Gasteiger partial charge in [0, 0.05) is 0 Å². The fraction of sp³-hybridized carbons (Fsp3) is 0.200. The second-order valence-corrected chi connectivity index (χ2v) is 10.4. The van der Waals surface area contributed by atoms with Gasteiger partial charge < -0.3 is 18.9 Å². The van der Waals surface area contributed by atoms with E-state index in [1.165, 1.54) is 32.4 Å². The van der Waals surface area contributed by atoms with E-state index in [1.807, 2.05) is 4.72 Å². The highest BCUT2D eigenvalue weighted by Crippen LogP contribution is 2.40. The van der Waals surface area contributed by atoms with E-state index in [4.69, 9.17) is 18.9 Å². The molecule has 0 fully saturated rings. The third-order valence-corrected chi connectivity index (χ3v) is 7.47. The molecule has 1 amide bonds. The van der Waals surface area contributed by atoms with Crippen molar-refractivity contribution in [2.24, 2.45) is 0 Å². The second kappa shape index (κ2) is 10.2. The zero-order valence-electron chi connectivity index (χ0n) is 19.5. The highest BCUT2D eigenvalue weighted by atomic mass is 79.9. The molecule has 4 rings (SSSR count). The van der Waals surface area contributed by atoms with Crippen molar-refractivity contribution in [1.29, 1.82) is 0 Å². The quantitative estimate of drug-likeness (QED) is 0.454. The lowest BCUT2D eigenvalue weighted by Crippen LogP contribution is -2.43. The molecule has 1 aliphatic rings. The van der Waals surface area contributed by atoms with Crippen molar-refractivity contribution in [3.63, 3.8) is 0 Å². The smallest absolute Gasteiger partial charge is 0.422 e. The van der Waals surface area contributed by atoms with E-state index in [0.29, 0.717) is 21.5 Å². The lowest BCUT2D eigenvalue weighted by molar-refractivity contribution is 0.0106. The van der Waals surface area contributed by atoms with Gasteiger partial charge in [-0.3, -0.25) is 4.79 Å². The summed E-state index contributed by atoms with van der Waals surface area (Å²) in [4.78, 5) is 26.1. The van der Waals surface area contributed by atoms with E-state index >= 15 is 0 Å². The van der Waals surface area contributed by atoms with Gasteiger partial charge in [0.2, 0.25) is 11.9 Å². The van der Waals surface area contributed by atoms with Crippen LogP contribution in [0.15, 0.2) is 70.0 Å². The molecule has 0 saturated carbocycles. The van der Waals surface area contributed by atoms with Crippen LogP contribution in [0.3, 0.4) is 0 Å². The molecule has 0 aromatic heterocycles. The number of carbonyl (C=O) groups is 2. The summed E-state index contributed by atoms with van der Waals surface area (Å²) in [5, 5.41) is 0. The Hall–Kier alpha value is -3.57. The predicted octanol–water partition coefficient (Wildman–Crippen LogP) is 4.57. The Morgan fingerprint density at radius 1 is 1.00 bits per heavy atom. The van der Waals surface area contributed by atoms with Crippen LogP contribution in [0.25, 0.3) is 0 Å². The van der Waals surface area contributed by atoms with Gasteiger partial charge in [-0.1, -0.05) is 23.8 Å². The monoisotopic (exact) mass is 575 g/mol. The topological polar surface area (TPSA) is 117 Å². The zero-order valence-corrected chi connectivity index (χ0v) is 21.9. The van der Waals surface area contributed by atoms with Gasteiger partial charge in [0.05, 0.1) is 29.2 Å². The van der Waals surface area contributed by atoms with Crippen LogP contribution < -0.4 is 18.9 Å². The number of carbonyl (C=O) groups excluding carboxylic acids is 2. The molecule has 188 valence electrons. The Morgan fingerprint density at radius 3 is 2.36 bits per heavy atom. The summed E-state index contributed by atoms with van der Waals surface area (Å²) in [5.74, 6) is 0.646. The van der Waals surface area contributed by atoms with E-state index in [2.05, 4.69) is 15.9 Å². The number of hydrogen-bond donors (Lipinski definition) is 1. The number of methoxy groups -OCH3 is 2. The Kier molecular flexibility index (Phi) is 7.23. The van der Waals surface area contributed by atoms with Crippen LogP contribution in [0.4, 0.5) is 4.79 Å². The minimum atomic E-state index is -4.23. The van der Waals surface area contributed by atoms with E-state index in [-0.39, 0.29) is 16.2 Å². The maximum Gasteiger partial charge on any atom is 0.422 e. The van der Waals surface area contributed by atoms with Crippen LogP contribution in [0, 0.1) is 6.92 Å². The van der Waals surface area contributed by atoms with Gasteiger partial charge in [-0.15, -0.1) is 0 Å². The summed E-state index contributed by atoms with van der Waals surface area (Å²) < 4.78 is 49.7. The van der Waals surface area contributed by atoms with Gasteiger partial charge >= 0.3 is 6.09 Å². The summed E-state index contributed by atoms with van der Waals surface area (Å²) in [5.41, 5.74) is 1.48. The molecular weight excluding hydrogens is 554 g/mol. The van der Waals surface area contributed by atoms with Crippen LogP contribution in [0.2, 0.25) is 0 Å². The molecule has 3 aromatic carbocycles. The van der Waals surface area contributed by atoms with Gasteiger partial charge in [-0.2, -0.15) is 0 Å². The van der Waals surface area contributed by atoms with Gasteiger partial charge in [0.25, 0.3) is 10.0 Å². The van der Waals surface area contributed by atoms with Crippen LogP contribution in [-0.4, -0.2) is 40.6 Å². The van der Waals surface area contributed by atoms with E-state index in [9.17, 15) is 18.0 Å². The third kappa shape index (κ3) is 5.17. The molecular formula is C25H22BrNO8S. The number of aryl methyl sites for hydroxylation is 1. The predicted molar refractivity (Wildman–Crippen MR) is 133 cm³/mol. The average molecular weight is 576 g/mol. The Morgan fingerprint density at radius 2 is 1.72 bits per heavy atom. The number of rotatable bonds is 6. The molecule has 36 heavy (non-hydrogen) atoms. The molecule has 9 nitrogen and oxygen atoms in total. The van der Waals surface area contributed by atoms with Crippen molar-refractivity contribution in [3.8, 4) is 17.2 Å². The number of sulfonamides is 1. The molecule has 0 spiro atoms. The molecule has 1 heterocycles. The number of halogens is 1. The minimum Gasteiger partial charge on any atom is -0.497 e. The van der Waals surface area contributed by atoms with Crippen molar-refractivity contribution < 1.29 is 37.0 Å². The highest BCUT2D eigenvalue weighted by Gasteiger charge is 2.42. The Bertz CT molecular complexity index is 1420. The van der Waals surface area contributed by atoms with E-state index in [0.717, 1.165) is 5.56 Å². The van der Waals surface area contributed by atoms with Crippen molar-refractivity contribution in [2.45, 2.75) is 24.0 Å². The van der Waals surface area contributed by atoms with Gasteiger partial charge in [0.1, 0.15) is 17.2 Å². The van der Waals surface area contributed by atoms with Crippen molar-refractivity contribution in [2.75, 3.05) is 14.2 Å². The van der Waals surface area contributed by atoms with Crippen LogP contribution in [0.1, 0.15) is 27.6 Å². The fourth-order valence-electron chi connectivity index (χ4n) is 3.66. The van der Waals surface area contributed by atoms with Crippen molar-refractivity contribution >= 4 is 37.8 Å². The summed E-state index contributed by atoms with van der Waals surface area (Å²) in [6.07, 6.45) is -3.87. The lowest BCUT2D eigenvalue weighted by Gasteiger charge is -2.32. The molecule has 0 saturated heterocycles. The summed E-state index contributed by atoms with van der Waals surface area (Å²) in [6, 6.07) is 15.6. The average Bonchev–Trinajstić information content (AvgIpc) is 2.85. The lowest BCUT2D eigenvalue weighted by atomic mass is 9.93. The first kappa shape index (κ1) is 25.5. The maximum absolute atomic E-state index is 13.5. The standard InChI is InChI=1S/C25H22BrNO8S/c1-14-4-8-17(9-5-14)36(30,31)27-25(29)35-24-22(28)18-13-16(32-2)7-11-20(18)34-23(24)15-6-10-21(33-3)19(26)12-15/h4-13,23-24H,1-3H3,(H,27,29)/t23-,24+/m0/s1. The van der Waals surface area contributed by atoms with Gasteiger partial charge in [0.15, 0.2) is 6.10 Å². The largest absolute Gasteiger partial charge is 0.497 e. The summed E-state index contributed by atoms with van der Waals surface area (Å²) >= 11 is 3.40. The zero-order chi connectivity index (χ0) is 26.0. The molecule has 3 aromatic rings. The minimum absolute atomic E-state index is 0.123. The normalized spacial score (nSPS) is 16.9. The number of amides is 1. The van der Waals surface area contributed by atoms with Crippen molar-refractivity contribution in [3.05, 3.63) is 81.8 Å². The molecule has 0 aliphatic carbocycles. The first-order valence-corrected chi connectivity index (χ1v) is 12.9. The maximum atomic E-state index is 13.5.